The van der Waals surface area contributed by atoms with Crippen molar-refractivity contribution in [1.29, 1.82) is 0 Å². The van der Waals surface area contributed by atoms with Gasteiger partial charge in [0.05, 0.1) is 12.8 Å². The Morgan fingerprint density at radius 2 is 2.00 bits per heavy atom. The third-order valence-electron chi connectivity index (χ3n) is 4.69. The van der Waals surface area contributed by atoms with Crippen LogP contribution in [0.4, 0.5) is 0 Å². The lowest BCUT2D eigenvalue weighted by Gasteiger charge is -2.18. The molecule has 26 heavy (non-hydrogen) atoms. The maximum atomic E-state index is 12.7. The molecule has 0 bridgehead atoms. The molecule has 1 saturated heterocycles. The van der Waals surface area contributed by atoms with E-state index in [-0.39, 0.29) is 17.7 Å². The van der Waals surface area contributed by atoms with Gasteiger partial charge in [-0.15, -0.1) is 0 Å². The van der Waals surface area contributed by atoms with Crippen LogP contribution >= 0.6 is 0 Å². The highest BCUT2D eigenvalue weighted by atomic mass is 16.5. The third kappa shape index (κ3) is 3.42. The number of nitrogens with zero attached hydrogens (tertiary/aromatic N) is 4. The molecule has 7 nitrogen and oxygen atoms in total. The molecule has 0 radical (unpaired) electrons. The fourth-order valence-corrected chi connectivity index (χ4v) is 3.38. The van der Waals surface area contributed by atoms with Crippen LogP contribution in [0.3, 0.4) is 0 Å². The molecule has 7 heteroatoms. The normalized spacial score (nSPS) is 19.5. The van der Waals surface area contributed by atoms with E-state index in [0.29, 0.717) is 25.4 Å². The van der Waals surface area contributed by atoms with Gasteiger partial charge < -0.3 is 9.64 Å². The molecule has 1 N–H and O–H groups in total. The Bertz CT molecular complexity index is 839. The standard InChI is InChI=1S/C19H19N5O2/c25-19(18-5-9-22-23-18)24-11-15(13-26-16-2-1-6-21-10-16)17(12-24)14-3-7-20-8-4-14/h1-10,15,17H,11-13H2,(H,22,23)/t15-,17-/m0/s1. The number of aromatic amines is 1. The summed E-state index contributed by atoms with van der Waals surface area (Å²) >= 11 is 0. The molecule has 0 unspecified atom stereocenters. The fraction of sp³-hybridized carbons (Fsp3) is 0.263. The first-order valence-corrected chi connectivity index (χ1v) is 8.52. The summed E-state index contributed by atoms with van der Waals surface area (Å²) in [6.45, 7) is 1.79. The van der Waals surface area contributed by atoms with Crippen molar-refractivity contribution in [3.63, 3.8) is 0 Å². The molecule has 0 aliphatic carbocycles. The number of hydrogen-bond donors (Lipinski definition) is 1. The maximum Gasteiger partial charge on any atom is 0.271 e. The van der Waals surface area contributed by atoms with Crippen molar-refractivity contribution in [3.05, 3.63) is 72.6 Å². The predicted molar refractivity (Wildman–Crippen MR) is 94.7 cm³/mol. The number of H-pyrrole nitrogens is 1. The van der Waals surface area contributed by atoms with Gasteiger partial charge >= 0.3 is 0 Å². The van der Waals surface area contributed by atoms with Crippen molar-refractivity contribution in [2.24, 2.45) is 5.92 Å². The minimum absolute atomic E-state index is 0.0366. The monoisotopic (exact) mass is 349 g/mol. The van der Waals surface area contributed by atoms with E-state index >= 15 is 0 Å². The van der Waals surface area contributed by atoms with Crippen LogP contribution in [0.25, 0.3) is 0 Å². The Morgan fingerprint density at radius 1 is 1.12 bits per heavy atom. The predicted octanol–water partition coefficient (Wildman–Crippen LogP) is 2.13. The lowest BCUT2D eigenvalue weighted by Crippen LogP contribution is -2.29. The van der Waals surface area contributed by atoms with E-state index in [1.807, 2.05) is 29.2 Å². The summed E-state index contributed by atoms with van der Waals surface area (Å²) < 4.78 is 5.92. The van der Waals surface area contributed by atoms with Crippen molar-refractivity contribution < 1.29 is 9.53 Å². The summed E-state index contributed by atoms with van der Waals surface area (Å²) in [6.07, 6.45) is 8.57. The molecule has 3 aromatic heterocycles. The topological polar surface area (TPSA) is 84.0 Å². The zero-order chi connectivity index (χ0) is 17.8. The summed E-state index contributed by atoms with van der Waals surface area (Å²) in [5.74, 6) is 1.08. The van der Waals surface area contributed by atoms with Crippen LogP contribution in [0.1, 0.15) is 22.0 Å². The minimum atomic E-state index is -0.0366. The molecule has 1 aliphatic heterocycles. The van der Waals surface area contributed by atoms with Gasteiger partial charge in [-0.2, -0.15) is 5.10 Å². The van der Waals surface area contributed by atoms with E-state index in [4.69, 9.17) is 4.74 Å². The molecule has 4 heterocycles. The number of rotatable bonds is 5. The number of amides is 1. The van der Waals surface area contributed by atoms with E-state index in [9.17, 15) is 4.79 Å². The van der Waals surface area contributed by atoms with Crippen LogP contribution in [0.15, 0.2) is 61.3 Å². The highest BCUT2D eigenvalue weighted by Gasteiger charge is 2.37. The molecule has 1 fully saturated rings. The zero-order valence-corrected chi connectivity index (χ0v) is 14.2. The van der Waals surface area contributed by atoms with Gasteiger partial charge in [-0.05, 0) is 35.9 Å². The van der Waals surface area contributed by atoms with Crippen LogP contribution in [0, 0.1) is 5.92 Å². The van der Waals surface area contributed by atoms with Crippen molar-refractivity contribution in [2.75, 3.05) is 19.7 Å². The van der Waals surface area contributed by atoms with Gasteiger partial charge in [-0.1, -0.05) is 0 Å². The Balaban J connectivity index is 1.52. The SMILES string of the molecule is O=C(c1ccn[nH]1)N1C[C@@H](COc2cccnc2)[C@H](c2ccncc2)C1. The van der Waals surface area contributed by atoms with Crippen LogP contribution in [-0.4, -0.2) is 50.7 Å². The van der Waals surface area contributed by atoms with E-state index in [0.717, 1.165) is 5.75 Å². The first-order valence-electron chi connectivity index (χ1n) is 8.52. The second kappa shape index (κ2) is 7.35. The average Bonchev–Trinajstić information content (AvgIpc) is 3.37. The second-order valence-corrected chi connectivity index (χ2v) is 6.33. The summed E-state index contributed by atoms with van der Waals surface area (Å²) in [5.41, 5.74) is 1.67. The van der Waals surface area contributed by atoms with E-state index < -0.39 is 0 Å². The zero-order valence-electron chi connectivity index (χ0n) is 14.2. The first-order chi connectivity index (χ1) is 12.8. The van der Waals surface area contributed by atoms with Gasteiger partial charge in [-0.3, -0.25) is 19.9 Å². The Labute approximate surface area is 151 Å². The van der Waals surface area contributed by atoms with E-state index in [2.05, 4.69) is 20.2 Å². The number of aromatic nitrogens is 4. The number of nitrogens with one attached hydrogen (secondary N) is 1. The summed E-state index contributed by atoms with van der Waals surface area (Å²) in [4.78, 5) is 22.7. The Hall–Kier alpha value is -3.22. The molecule has 2 atom stereocenters. The van der Waals surface area contributed by atoms with Crippen molar-refractivity contribution in [3.8, 4) is 5.75 Å². The highest BCUT2D eigenvalue weighted by Crippen LogP contribution is 2.33. The average molecular weight is 349 g/mol. The van der Waals surface area contributed by atoms with Crippen LogP contribution in [-0.2, 0) is 0 Å². The number of carbonyl (C=O) groups excluding carboxylic acids is 1. The highest BCUT2D eigenvalue weighted by molar-refractivity contribution is 5.92. The number of hydrogen-bond acceptors (Lipinski definition) is 5. The molecule has 0 spiro atoms. The first kappa shape index (κ1) is 16.3. The van der Waals surface area contributed by atoms with Crippen molar-refractivity contribution in [1.82, 2.24) is 25.1 Å². The second-order valence-electron chi connectivity index (χ2n) is 6.33. The third-order valence-corrected chi connectivity index (χ3v) is 4.69. The Morgan fingerprint density at radius 3 is 2.73 bits per heavy atom. The lowest BCUT2D eigenvalue weighted by molar-refractivity contribution is 0.0776. The molecular weight excluding hydrogens is 330 g/mol. The van der Waals surface area contributed by atoms with E-state index in [1.165, 1.54) is 5.56 Å². The summed E-state index contributed by atoms with van der Waals surface area (Å²) in [7, 11) is 0. The fourth-order valence-electron chi connectivity index (χ4n) is 3.38. The Kier molecular flexibility index (Phi) is 4.59. The summed E-state index contributed by atoms with van der Waals surface area (Å²) in [6, 6.07) is 9.44. The number of ether oxygens (including phenoxy) is 1. The molecule has 4 rings (SSSR count). The van der Waals surface area contributed by atoms with Crippen LogP contribution in [0.2, 0.25) is 0 Å². The lowest BCUT2D eigenvalue weighted by atomic mass is 9.90. The molecule has 1 aliphatic rings. The van der Waals surface area contributed by atoms with Gasteiger partial charge in [0.25, 0.3) is 5.91 Å². The van der Waals surface area contributed by atoms with Gasteiger partial charge in [-0.25, -0.2) is 0 Å². The maximum absolute atomic E-state index is 12.7. The molecule has 1 amide bonds. The van der Waals surface area contributed by atoms with Gasteiger partial charge in [0, 0.05) is 49.7 Å². The minimum Gasteiger partial charge on any atom is -0.492 e. The smallest absolute Gasteiger partial charge is 0.271 e. The van der Waals surface area contributed by atoms with Crippen LogP contribution < -0.4 is 4.74 Å². The van der Waals surface area contributed by atoms with E-state index in [1.54, 1.807) is 37.1 Å². The summed E-state index contributed by atoms with van der Waals surface area (Å²) in [5, 5.41) is 6.62. The number of likely N-dealkylation sites (tertiary alicyclic amines) is 1. The number of pyridine rings is 2. The molecular formula is C19H19N5O2. The van der Waals surface area contributed by atoms with Crippen LogP contribution in [0.5, 0.6) is 5.75 Å². The van der Waals surface area contributed by atoms with Gasteiger partial charge in [0.15, 0.2) is 0 Å². The largest absolute Gasteiger partial charge is 0.492 e. The van der Waals surface area contributed by atoms with Crippen molar-refractivity contribution in [2.45, 2.75) is 5.92 Å². The van der Waals surface area contributed by atoms with Gasteiger partial charge in [0.1, 0.15) is 11.4 Å². The molecule has 3 aromatic rings. The molecule has 132 valence electrons. The quantitative estimate of drug-likeness (QED) is 0.763. The molecule has 0 saturated carbocycles. The molecule has 0 aromatic carbocycles. The number of carbonyl (C=O) groups is 1. The van der Waals surface area contributed by atoms with Gasteiger partial charge in [0.2, 0.25) is 0 Å². The van der Waals surface area contributed by atoms with Crippen molar-refractivity contribution >= 4 is 5.91 Å².